The van der Waals surface area contributed by atoms with E-state index in [9.17, 15) is 0 Å². The first-order valence-corrected chi connectivity index (χ1v) is 27.0. The number of furan rings is 1. The van der Waals surface area contributed by atoms with E-state index in [-0.39, 0.29) is 42.7 Å². The van der Waals surface area contributed by atoms with E-state index >= 15 is 0 Å². The Bertz CT molecular complexity index is 4130. The molecule has 0 unspecified atom stereocenters. The van der Waals surface area contributed by atoms with E-state index < -0.39 is 0 Å². The Balaban J connectivity index is 0.00000660. The molecule has 12 rings (SSSR count). The predicted octanol–water partition coefficient (Wildman–Crippen LogP) is 20.0. The summed E-state index contributed by atoms with van der Waals surface area (Å²) in [5, 5.41) is 3.71. The summed E-state index contributed by atoms with van der Waals surface area (Å²) in [4.78, 5) is 13.3. The van der Waals surface area contributed by atoms with Gasteiger partial charge in [0.2, 0.25) is 5.69 Å². The van der Waals surface area contributed by atoms with Crippen LogP contribution in [0, 0.1) is 25.4 Å². The molecule has 1 aliphatic rings. The van der Waals surface area contributed by atoms with Crippen molar-refractivity contribution in [3.63, 3.8) is 0 Å². The molecular weight excluding hydrogens is 1150 g/mol. The van der Waals surface area contributed by atoms with E-state index in [1.807, 2.05) is 36.5 Å². The Morgan fingerprint density at radius 3 is 1.71 bits per heavy atom. The maximum atomic E-state index is 7.90. The van der Waals surface area contributed by atoms with Crippen LogP contribution in [0.2, 0.25) is 0 Å². The van der Waals surface area contributed by atoms with E-state index in [2.05, 4.69) is 242 Å². The summed E-state index contributed by atoms with van der Waals surface area (Å²) >= 11 is 0. The van der Waals surface area contributed by atoms with Crippen LogP contribution in [0.25, 0.3) is 76.7 Å². The smallest absolute Gasteiger partial charge is 0.229 e. The molecule has 8 aromatic carbocycles. The number of pyridine rings is 1. The molecule has 3 aromatic heterocycles. The second-order valence-corrected chi connectivity index (χ2v) is 24.9. The van der Waals surface area contributed by atoms with Crippen molar-refractivity contribution in [1.82, 2.24) is 9.55 Å². The molecule has 0 saturated carbocycles. The molecule has 1 aliphatic heterocycles. The number of ether oxygens (including phenoxy) is 1. The number of benzene rings is 8. The zero-order valence-electron chi connectivity index (χ0n) is 47.0. The van der Waals surface area contributed by atoms with Gasteiger partial charge in [-0.15, -0.1) is 42.7 Å². The quantitative estimate of drug-likeness (QED) is 0.149. The van der Waals surface area contributed by atoms with E-state index in [4.69, 9.17) is 20.7 Å². The van der Waals surface area contributed by atoms with Crippen molar-refractivity contribution >= 4 is 72.2 Å². The number of nitrogens with zero attached hydrogens (tertiary/aromatic N) is 5. The van der Waals surface area contributed by atoms with Crippen LogP contribution in [0.3, 0.4) is 0 Å². The van der Waals surface area contributed by atoms with Gasteiger partial charge >= 0.3 is 0 Å². The number of anilines is 4. The largest absolute Gasteiger partial charge is 0.509 e. The molecule has 8 heteroatoms. The number of aromatic nitrogens is 2. The number of hydrogen-bond acceptors (Lipinski definition) is 5. The number of para-hydroxylation sites is 3. The van der Waals surface area contributed by atoms with Crippen molar-refractivity contribution in [2.45, 2.75) is 105 Å². The predicted molar refractivity (Wildman–Crippen MR) is 323 cm³/mol. The third-order valence-electron chi connectivity index (χ3n) is 15.4. The van der Waals surface area contributed by atoms with Gasteiger partial charge in [0.25, 0.3) is 0 Å². The molecule has 0 N–H and O–H groups in total. The molecule has 0 radical (unpaired) electrons. The van der Waals surface area contributed by atoms with E-state index in [1.165, 1.54) is 16.7 Å². The van der Waals surface area contributed by atoms with Crippen LogP contribution in [-0.4, -0.2) is 9.55 Å². The van der Waals surface area contributed by atoms with Gasteiger partial charge in [-0.25, -0.2) is 9.83 Å². The molecule has 4 heterocycles. The molecule has 7 nitrogen and oxygen atoms in total. The molecule has 0 bridgehead atoms. The second kappa shape index (κ2) is 19.5. The molecule has 79 heavy (non-hydrogen) atoms. The number of fused-ring (bicyclic) bond motifs is 8. The standard InChI is InChI=1S/C71H64N5O2.Pt/c1-68(2,3)46-28-24-44(25-29-46)56-38-49(71(10,11)12)39-57(45-26-30-47(31-27-45)69(4,5)6)65(56)75-43-74(59-22-14-15-23-60(59)75)50-18-16-19-51(41-50)77-52-32-33-55-62(42-52)76(63-40-48(36-37-73-63)70(7,8)9)61-35-34-54-53-20-17-21-58(72-13)66(53)78-67(54)64(55)61;/h14-40,43H,1-12H3;/q-3;. The third-order valence-corrected chi connectivity index (χ3v) is 15.4. The maximum absolute atomic E-state index is 7.90. The monoisotopic (exact) mass is 1210 g/mol. The van der Waals surface area contributed by atoms with Crippen molar-refractivity contribution in [3.05, 3.63) is 216 Å². The Labute approximate surface area is 479 Å². The van der Waals surface area contributed by atoms with Gasteiger partial charge in [-0.2, -0.15) is 12.1 Å². The van der Waals surface area contributed by atoms with Crippen LogP contribution < -0.4 is 14.5 Å². The Morgan fingerprint density at radius 2 is 1.10 bits per heavy atom. The number of rotatable bonds is 7. The topological polar surface area (TPSA) is 51.0 Å². The van der Waals surface area contributed by atoms with Gasteiger partial charge in [0.05, 0.1) is 6.57 Å². The molecule has 11 aromatic rings. The maximum Gasteiger partial charge on any atom is 0.229 e. The van der Waals surface area contributed by atoms with Crippen LogP contribution in [0.4, 0.5) is 28.4 Å². The Morgan fingerprint density at radius 1 is 0.532 bits per heavy atom. The van der Waals surface area contributed by atoms with Crippen molar-refractivity contribution in [2.24, 2.45) is 0 Å². The SMILES string of the molecule is [C-]#[N+]c1cccc2c1oc1c2ccc2c1c1ccc(Oc3[c-]c(N4[CH-]N(c5c(-c6ccc(C(C)(C)C)cc6)cc(C(C)(C)C)cc5-c5ccc(C(C)(C)C)cc5)c5ccccc54)ccc3)[c-]c1n2-c1cc(C(C)(C)C)ccn1.[Pt]. The second-order valence-electron chi connectivity index (χ2n) is 24.9. The fourth-order valence-electron chi connectivity index (χ4n) is 10.9. The van der Waals surface area contributed by atoms with Gasteiger partial charge in [-0.3, -0.25) is 0 Å². The summed E-state index contributed by atoms with van der Waals surface area (Å²) in [6.07, 6.45) is 1.88. The molecule has 0 spiro atoms. The van der Waals surface area contributed by atoms with Crippen LogP contribution >= 0.6 is 0 Å². The van der Waals surface area contributed by atoms with Crippen molar-refractivity contribution in [2.75, 3.05) is 9.80 Å². The zero-order chi connectivity index (χ0) is 54.6. The summed E-state index contributed by atoms with van der Waals surface area (Å²) < 4.78 is 15.6. The van der Waals surface area contributed by atoms with Gasteiger partial charge in [0.1, 0.15) is 17.0 Å². The molecular formula is C71H64N5O2Pt-3. The number of hydrogen-bond donors (Lipinski definition) is 0. The molecule has 0 amide bonds. The van der Waals surface area contributed by atoms with Crippen LogP contribution in [-0.2, 0) is 42.7 Å². The van der Waals surface area contributed by atoms with Crippen molar-refractivity contribution in [1.29, 1.82) is 0 Å². The summed E-state index contributed by atoms with van der Waals surface area (Å²) in [5.74, 6) is 1.83. The van der Waals surface area contributed by atoms with Crippen molar-refractivity contribution in [3.8, 4) is 39.6 Å². The molecule has 398 valence electrons. The molecule has 0 atom stereocenters. The van der Waals surface area contributed by atoms with Gasteiger partial charge < -0.3 is 23.5 Å². The minimum absolute atomic E-state index is 0. The Kier molecular flexibility index (Phi) is 13.1. The molecule has 0 aliphatic carbocycles. The summed E-state index contributed by atoms with van der Waals surface area (Å²) in [5.41, 5.74) is 16.9. The first kappa shape index (κ1) is 53.1. The zero-order valence-corrected chi connectivity index (χ0v) is 49.3. The van der Waals surface area contributed by atoms with Gasteiger partial charge in [-0.05, 0) is 109 Å². The van der Waals surface area contributed by atoms with Crippen molar-refractivity contribution < 1.29 is 30.2 Å². The average molecular weight is 1210 g/mol. The van der Waals surface area contributed by atoms with E-state index in [1.54, 1.807) is 6.07 Å². The Hall–Kier alpha value is -7.91. The van der Waals surface area contributed by atoms with Gasteiger partial charge in [0.15, 0.2) is 0 Å². The van der Waals surface area contributed by atoms with Gasteiger partial charge in [-0.1, -0.05) is 173 Å². The fraction of sp³-hybridized carbons (Fsp3) is 0.225. The van der Waals surface area contributed by atoms with Crippen LogP contribution in [0.15, 0.2) is 168 Å². The summed E-state index contributed by atoms with van der Waals surface area (Å²) in [7, 11) is 0. The molecule has 0 saturated heterocycles. The third kappa shape index (κ3) is 9.48. The average Bonchev–Trinajstić information content (AvgIpc) is 4.14. The first-order chi connectivity index (χ1) is 37.1. The minimum atomic E-state index is -0.120. The summed E-state index contributed by atoms with van der Waals surface area (Å²) in [6, 6.07) is 63.4. The van der Waals surface area contributed by atoms with Gasteiger partial charge in [0, 0.05) is 83.2 Å². The van der Waals surface area contributed by atoms with Crippen LogP contribution in [0.1, 0.15) is 105 Å². The summed E-state index contributed by atoms with van der Waals surface area (Å²) in [6.45, 7) is 37.3. The van der Waals surface area contributed by atoms with Crippen LogP contribution in [0.5, 0.6) is 11.5 Å². The molecule has 0 fully saturated rings. The fourth-order valence-corrected chi connectivity index (χ4v) is 10.9. The minimum Gasteiger partial charge on any atom is -0.509 e. The van der Waals surface area contributed by atoms with E-state index in [0.717, 1.165) is 94.5 Å². The first-order valence-electron chi connectivity index (χ1n) is 27.0. The normalized spacial score (nSPS) is 13.1. The van der Waals surface area contributed by atoms with E-state index in [0.29, 0.717) is 22.8 Å².